The van der Waals surface area contributed by atoms with Crippen LogP contribution < -0.4 is 0 Å². The van der Waals surface area contributed by atoms with Crippen LogP contribution in [0.15, 0.2) is 0 Å². The maximum Gasteiger partial charge on any atom is 0 e. The fourth-order valence-electron chi connectivity index (χ4n) is 0. The van der Waals surface area contributed by atoms with Crippen LogP contribution in [0.25, 0.3) is 0 Å². The SMILES string of the molecule is S=[Se].[Cu].[V]. The van der Waals surface area contributed by atoms with Gasteiger partial charge in [-0.3, -0.25) is 0 Å². The van der Waals surface area contributed by atoms with E-state index in [9.17, 15) is 0 Å². The zero-order chi connectivity index (χ0) is 2.00. The van der Waals surface area contributed by atoms with Crippen molar-refractivity contribution in [2.45, 2.75) is 0 Å². The first kappa shape index (κ1) is 17.0. The first-order valence-electron chi connectivity index (χ1n) is 0.167. The second-order valence-electron chi connectivity index (χ2n) is 0. The van der Waals surface area contributed by atoms with Gasteiger partial charge in [-0.05, 0) is 0 Å². The molecule has 4 heteroatoms. The molecule has 0 rings (SSSR count). The largest absolute Gasteiger partial charge is 0 e. The van der Waals surface area contributed by atoms with E-state index in [1.807, 2.05) is 0 Å². The van der Waals surface area contributed by atoms with Gasteiger partial charge < -0.3 is 0 Å². The summed E-state index contributed by atoms with van der Waals surface area (Å²) in [7, 11) is 3.96. The third-order valence-corrected chi connectivity index (χ3v) is 0. The first-order valence-corrected chi connectivity index (χ1v) is 2.60. The molecule has 0 saturated heterocycles. The van der Waals surface area contributed by atoms with Gasteiger partial charge >= 0.3 is 24.9 Å². The summed E-state index contributed by atoms with van der Waals surface area (Å²) in [5, 5.41) is 0. The van der Waals surface area contributed by atoms with Crippen LogP contribution in [0, 0.1) is 0 Å². The minimum atomic E-state index is 0. The Balaban J connectivity index is -0.00000000500. The molecule has 4 heavy (non-hydrogen) atoms. The van der Waals surface area contributed by atoms with Crippen molar-refractivity contribution in [3.63, 3.8) is 0 Å². The molecule has 0 aliphatic carbocycles. The summed E-state index contributed by atoms with van der Waals surface area (Å²) in [6, 6.07) is 0. The van der Waals surface area contributed by atoms with Gasteiger partial charge in [0.1, 0.15) is 0 Å². The summed E-state index contributed by atoms with van der Waals surface area (Å²) in [5.74, 6) is 0. The molecule has 0 heterocycles. The van der Waals surface area contributed by atoms with E-state index in [1.54, 1.807) is 0 Å². The zero-order valence-corrected chi connectivity index (χ0v) is 6.43. The topological polar surface area (TPSA) is 0 Å². The van der Waals surface area contributed by atoms with Crippen molar-refractivity contribution in [1.29, 1.82) is 0 Å². The van der Waals surface area contributed by atoms with Crippen LogP contribution in [0.1, 0.15) is 0 Å². The summed E-state index contributed by atoms with van der Waals surface area (Å²) < 4.78 is 0. The Morgan fingerprint density at radius 3 is 1.25 bits per heavy atom. The van der Waals surface area contributed by atoms with Gasteiger partial charge in [0.25, 0.3) is 0 Å². The van der Waals surface area contributed by atoms with Gasteiger partial charge in [-0.15, -0.1) is 0 Å². The molecule has 0 fully saturated rings. The molecular weight excluding hydrogens is 226 g/mol. The smallest absolute Gasteiger partial charge is 0 e. The van der Waals surface area contributed by atoms with Gasteiger partial charge in [-0.25, -0.2) is 0 Å². The molecule has 0 bridgehead atoms. The molecule has 0 spiro atoms. The summed E-state index contributed by atoms with van der Waals surface area (Å²) >= 11 is 2.21. The fraction of sp³-hybridized carbons (Fsp3) is 0. The number of rotatable bonds is 0. The molecule has 28 valence electrons. The van der Waals surface area contributed by atoms with E-state index < -0.39 is 0 Å². The Morgan fingerprint density at radius 1 is 1.25 bits per heavy atom. The van der Waals surface area contributed by atoms with Crippen molar-refractivity contribution >= 4 is 24.9 Å². The van der Waals surface area contributed by atoms with Crippen molar-refractivity contribution in [3.8, 4) is 0 Å². The number of hydrogen-bond donors (Lipinski definition) is 0. The summed E-state index contributed by atoms with van der Waals surface area (Å²) in [5.41, 5.74) is 0. The molecule has 0 N–H and O–H groups in total. The molecule has 0 unspecified atom stereocenters. The quantitative estimate of drug-likeness (QED) is 0.533. The summed E-state index contributed by atoms with van der Waals surface area (Å²) in [6.45, 7) is 0. The summed E-state index contributed by atoms with van der Waals surface area (Å²) in [6.07, 6.45) is 0. The molecule has 0 atom stereocenters. The van der Waals surface area contributed by atoms with E-state index in [2.05, 4.69) is 24.9 Å². The second kappa shape index (κ2) is 21.1. The van der Waals surface area contributed by atoms with Crippen LogP contribution in [0.3, 0.4) is 0 Å². The molecule has 0 aliphatic heterocycles. The molecule has 0 aromatic rings. The normalized spacial score (nSPS) is 1.00. The van der Waals surface area contributed by atoms with E-state index in [4.69, 9.17) is 0 Å². The van der Waals surface area contributed by atoms with E-state index >= 15 is 0 Å². The Bertz CT molecular complexity index is 8.00. The van der Waals surface area contributed by atoms with Gasteiger partial charge in [0.2, 0.25) is 0 Å². The van der Waals surface area contributed by atoms with Crippen molar-refractivity contribution in [2.24, 2.45) is 0 Å². The maximum atomic E-state index is 3.96. The number of hydrogen-bond acceptors (Lipinski definition) is 1. The van der Waals surface area contributed by atoms with Crippen molar-refractivity contribution < 1.29 is 35.6 Å². The Labute approximate surface area is 60.1 Å². The van der Waals surface area contributed by atoms with Crippen LogP contribution >= 0.6 is 10.6 Å². The second-order valence-corrected chi connectivity index (χ2v) is 0. The van der Waals surface area contributed by atoms with Gasteiger partial charge in [-0.2, -0.15) is 0 Å². The Morgan fingerprint density at radius 2 is 1.25 bits per heavy atom. The maximum absolute atomic E-state index is 3.96. The molecule has 0 aromatic heterocycles. The van der Waals surface area contributed by atoms with Crippen LogP contribution in [0.4, 0.5) is 0 Å². The van der Waals surface area contributed by atoms with E-state index in [0.717, 1.165) is 0 Å². The molecule has 0 nitrogen and oxygen atoms in total. The van der Waals surface area contributed by atoms with Gasteiger partial charge in [-0.1, -0.05) is 0 Å². The van der Waals surface area contributed by atoms with Gasteiger partial charge in [0.15, 0.2) is 0 Å². The summed E-state index contributed by atoms with van der Waals surface area (Å²) in [4.78, 5) is 0. The molecular formula is CuSSeV. The predicted molar refractivity (Wildman–Crippen MR) is 13.3 cm³/mol. The minimum Gasteiger partial charge on any atom is 0 e. The zero-order valence-electron chi connectivity index (χ0n) is 1.57. The molecule has 0 aliphatic rings. The third kappa shape index (κ3) is 9.14. The van der Waals surface area contributed by atoms with Crippen LogP contribution in [-0.4, -0.2) is 14.4 Å². The minimum absolute atomic E-state index is 0. The van der Waals surface area contributed by atoms with Crippen LogP contribution in [0.5, 0.6) is 0 Å². The van der Waals surface area contributed by atoms with Crippen LogP contribution in [0.2, 0.25) is 0 Å². The molecule has 0 aromatic carbocycles. The van der Waals surface area contributed by atoms with Gasteiger partial charge in [0.05, 0.1) is 0 Å². The molecule has 0 amide bonds. The predicted octanol–water partition coefficient (Wildman–Crippen LogP) is 0.262. The van der Waals surface area contributed by atoms with Gasteiger partial charge in [0, 0.05) is 35.6 Å². The average molecular weight is 226 g/mol. The Hall–Kier alpha value is 1.84. The molecule has 2 radical (unpaired) electrons. The Kier molecular flexibility index (Phi) is 89.2. The van der Waals surface area contributed by atoms with Crippen LogP contribution in [-0.2, 0) is 35.6 Å². The van der Waals surface area contributed by atoms with E-state index in [0.29, 0.717) is 0 Å². The standard InChI is InChI=1S/Cu.SSe.V/c;1-2;. The fourth-order valence-corrected chi connectivity index (χ4v) is 0. The monoisotopic (exact) mass is 226 g/mol. The van der Waals surface area contributed by atoms with E-state index in [-0.39, 0.29) is 35.6 Å². The molecule has 0 saturated carbocycles. The average Bonchev–Trinajstić information content (AvgIpc) is 1.00. The van der Waals surface area contributed by atoms with E-state index in [1.165, 1.54) is 0 Å². The van der Waals surface area contributed by atoms with Crippen molar-refractivity contribution in [2.75, 3.05) is 0 Å². The van der Waals surface area contributed by atoms with Crippen molar-refractivity contribution in [1.82, 2.24) is 0 Å². The third-order valence-electron chi connectivity index (χ3n) is 0. The van der Waals surface area contributed by atoms with Crippen molar-refractivity contribution in [3.05, 3.63) is 0 Å². The first-order chi connectivity index (χ1) is 1.00.